The summed E-state index contributed by atoms with van der Waals surface area (Å²) in [5.74, 6) is -1.70. The molecule has 1 unspecified atom stereocenters. The first-order chi connectivity index (χ1) is 7.93. The van der Waals surface area contributed by atoms with Gasteiger partial charge < -0.3 is 14.9 Å². The minimum atomic E-state index is -1.05. The molecular formula is C10H16N2O4S. The van der Waals surface area contributed by atoms with E-state index in [0.29, 0.717) is 0 Å². The smallest absolute Gasteiger partial charge is 0.412 e. The topological polar surface area (TPSA) is 88.5 Å². The highest BCUT2D eigenvalue weighted by Gasteiger charge is 2.28. The molecule has 1 atom stereocenters. The highest BCUT2D eigenvalue weighted by atomic mass is 32.1. The van der Waals surface area contributed by atoms with E-state index in [1.54, 1.807) is 13.8 Å². The predicted molar refractivity (Wildman–Crippen MR) is 66.3 cm³/mol. The van der Waals surface area contributed by atoms with Crippen LogP contribution < -0.4 is 5.32 Å². The number of carbonyl (C=O) groups excluding carboxylic acids is 2. The summed E-state index contributed by atoms with van der Waals surface area (Å²) >= 11 is 4.88. The summed E-state index contributed by atoms with van der Waals surface area (Å²) in [6.45, 7) is 5.09. The zero-order valence-electron chi connectivity index (χ0n) is 10.0. The number of hydrogen-bond donors (Lipinski definition) is 2. The van der Waals surface area contributed by atoms with Crippen molar-refractivity contribution < 1.29 is 19.1 Å². The predicted octanol–water partition coefficient (Wildman–Crippen LogP) is 1.28. The SMILES string of the molecule is CCOC(=O)NC(=S)C(C(C)=N)C(=O)OCC. The average Bonchev–Trinajstić information content (AvgIpc) is 2.17. The quantitative estimate of drug-likeness (QED) is 0.441. The van der Waals surface area contributed by atoms with Crippen LogP contribution in [0.2, 0.25) is 0 Å². The summed E-state index contributed by atoms with van der Waals surface area (Å²) < 4.78 is 9.39. The number of carbonyl (C=O) groups is 2. The Morgan fingerprint density at radius 3 is 2.24 bits per heavy atom. The lowest BCUT2D eigenvalue weighted by molar-refractivity contribution is -0.143. The van der Waals surface area contributed by atoms with Gasteiger partial charge in [-0.1, -0.05) is 12.2 Å². The Morgan fingerprint density at radius 1 is 1.29 bits per heavy atom. The van der Waals surface area contributed by atoms with Crippen LogP contribution in [0.15, 0.2) is 0 Å². The van der Waals surface area contributed by atoms with Crippen molar-refractivity contribution in [3.8, 4) is 0 Å². The Kier molecular flexibility index (Phi) is 7.04. The number of esters is 1. The Hall–Kier alpha value is -1.50. The molecule has 0 aliphatic carbocycles. The van der Waals surface area contributed by atoms with E-state index in [9.17, 15) is 9.59 Å². The number of ether oxygens (including phenoxy) is 2. The molecule has 0 radical (unpaired) electrons. The molecule has 0 saturated heterocycles. The molecule has 0 rings (SSSR count). The van der Waals surface area contributed by atoms with Gasteiger partial charge in [0.15, 0.2) is 0 Å². The molecule has 1 amide bonds. The molecule has 0 aliphatic rings. The van der Waals surface area contributed by atoms with Crippen LogP contribution in [0.1, 0.15) is 20.8 Å². The molecule has 17 heavy (non-hydrogen) atoms. The van der Waals surface area contributed by atoms with Crippen molar-refractivity contribution >= 4 is 35.0 Å². The minimum absolute atomic E-state index is 0.00486. The molecule has 0 aromatic heterocycles. The maximum Gasteiger partial charge on any atom is 0.412 e. The van der Waals surface area contributed by atoms with Crippen LogP contribution in [0.3, 0.4) is 0 Å². The van der Waals surface area contributed by atoms with Crippen LogP contribution in [-0.4, -0.2) is 36.0 Å². The first-order valence-electron chi connectivity index (χ1n) is 5.13. The van der Waals surface area contributed by atoms with Gasteiger partial charge in [-0.05, 0) is 20.8 Å². The van der Waals surface area contributed by atoms with Gasteiger partial charge in [-0.3, -0.25) is 10.1 Å². The van der Waals surface area contributed by atoms with Crippen LogP contribution in [0, 0.1) is 11.3 Å². The highest BCUT2D eigenvalue weighted by molar-refractivity contribution is 7.80. The lowest BCUT2D eigenvalue weighted by Gasteiger charge is -2.15. The van der Waals surface area contributed by atoms with Crippen molar-refractivity contribution in [2.45, 2.75) is 20.8 Å². The van der Waals surface area contributed by atoms with Crippen LogP contribution in [0.5, 0.6) is 0 Å². The van der Waals surface area contributed by atoms with E-state index in [1.807, 2.05) is 0 Å². The van der Waals surface area contributed by atoms with Crippen molar-refractivity contribution in [3.05, 3.63) is 0 Å². The van der Waals surface area contributed by atoms with Crippen LogP contribution in [0.4, 0.5) is 4.79 Å². The molecule has 0 fully saturated rings. The Balaban J connectivity index is 4.61. The molecule has 0 spiro atoms. The molecule has 0 aromatic carbocycles. The number of alkyl carbamates (subject to hydrolysis) is 1. The van der Waals surface area contributed by atoms with Crippen LogP contribution >= 0.6 is 12.2 Å². The number of rotatable bonds is 5. The third-order valence-corrected chi connectivity index (χ3v) is 2.06. The van der Waals surface area contributed by atoms with Gasteiger partial charge in [0.1, 0.15) is 10.9 Å². The van der Waals surface area contributed by atoms with Crippen molar-refractivity contribution in [2.24, 2.45) is 5.92 Å². The summed E-state index contributed by atoms with van der Waals surface area (Å²) in [7, 11) is 0. The summed E-state index contributed by atoms with van der Waals surface area (Å²) in [5, 5.41) is 9.69. The van der Waals surface area contributed by atoms with Crippen molar-refractivity contribution in [1.82, 2.24) is 5.32 Å². The van der Waals surface area contributed by atoms with Gasteiger partial charge in [-0.15, -0.1) is 0 Å². The third-order valence-electron chi connectivity index (χ3n) is 1.72. The molecule has 6 nitrogen and oxygen atoms in total. The largest absolute Gasteiger partial charge is 0.465 e. The first-order valence-corrected chi connectivity index (χ1v) is 5.54. The van der Waals surface area contributed by atoms with E-state index < -0.39 is 18.0 Å². The van der Waals surface area contributed by atoms with Gasteiger partial charge in [-0.25, -0.2) is 4.79 Å². The second-order valence-corrected chi connectivity index (χ2v) is 3.52. The van der Waals surface area contributed by atoms with E-state index in [-0.39, 0.29) is 23.9 Å². The lowest BCUT2D eigenvalue weighted by Crippen LogP contribution is -2.41. The van der Waals surface area contributed by atoms with Crippen molar-refractivity contribution in [2.75, 3.05) is 13.2 Å². The fourth-order valence-corrected chi connectivity index (χ4v) is 1.40. The third kappa shape index (κ3) is 5.39. The molecule has 0 aliphatic heterocycles. The molecule has 7 heteroatoms. The highest BCUT2D eigenvalue weighted by Crippen LogP contribution is 2.05. The Labute approximate surface area is 105 Å². The number of hydrogen-bond acceptors (Lipinski definition) is 6. The monoisotopic (exact) mass is 260 g/mol. The maximum absolute atomic E-state index is 11.5. The van der Waals surface area contributed by atoms with Gasteiger partial charge in [0.2, 0.25) is 0 Å². The summed E-state index contributed by atoms with van der Waals surface area (Å²) in [5.41, 5.74) is 0.00486. The average molecular weight is 260 g/mol. The molecular weight excluding hydrogens is 244 g/mol. The van der Waals surface area contributed by atoms with E-state index in [4.69, 9.17) is 22.4 Å². The standard InChI is InChI=1S/C10H16N2O4S/c1-4-15-9(13)7(6(3)11)8(17)12-10(14)16-5-2/h7,11H,4-5H2,1-3H3,(H,12,14,17). The fraction of sp³-hybridized carbons (Fsp3) is 0.600. The maximum atomic E-state index is 11.5. The number of amides is 1. The Morgan fingerprint density at radius 2 is 1.82 bits per heavy atom. The van der Waals surface area contributed by atoms with E-state index in [1.165, 1.54) is 6.92 Å². The first kappa shape index (κ1) is 15.5. The lowest BCUT2D eigenvalue weighted by atomic mass is 10.1. The van der Waals surface area contributed by atoms with Crippen molar-refractivity contribution in [3.63, 3.8) is 0 Å². The van der Waals surface area contributed by atoms with Gasteiger partial charge >= 0.3 is 12.1 Å². The van der Waals surface area contributed by atoms with E-state index >= 15 is 0 Å². The minimum Gasteiger partial charge on any atom is -0.465 e. The molecule has 0 bridgehead atoms. The zero-order valence-corrected chi connectivity index (χ0v) is 10.8. The fourth-order valence-electron chi connectivity index (χ4n) is 1.05. The van der Waals surface area contributed by atoms with Crippen molar-refractivity contribution in [1.29, 1.82) is 5.41 Å². The zero-order chi connectivity index (χ0) is 13.4. The number of thiocarbonyl (C=S) groups is 1. The summed E-state index contributed by atoms with van der Waals surface area (Å²) in [4.78, 5) is 22.6. The molecule has 0 heterocycles. The number of nitrogens with one attached hydrogen (secondary N) is 2. The summed E-state index contributed by atoms with van der Waals surface area (Å²) in [6, 6.07) is 0. The van der Waals surface area contributed by atoms with Gasteiger partial charge in [0, 0.05) is 5.71 Å². The molecule has 0 saturated carbocycles. The second-order valence-electron chi connectivity index (χ2n) is 3.08. The molecule has 2 N–H and O–H groups in total. The molecule has 96 valence electrons. The van der Waals surface area contributed by atoms with Gasteiger partial charge in [0.25, 0.3) is 0 Å². The van der Waals surface area contributed by atoms with Gasteiger partial charge in [-0.2, -0.15) is 0 Å². The normalized spacial score (nSPS) is 11.2. The Bertz CT molecular complexity index is 330. The van der Waals surface area contributed by atoms with E-state index in [2.05, 4.69) is 10.1 Å². The second kappa shape index (κ2) is 7.72. The molecule has 0 aromatic rings. The summed E-state index contributed by atoms with van der Waals surface area (Å²) in [6.07, 6.45) is -0.743. The van der Waals surface area contributed by atoms with Gasteiger partial charge in [0.05, 0.1) is 13.2 Å². The van der Waals surface area contributed by atoms with Crippen LogP contribution in [0.25, 0.3) is 0 Å². The van der Waals surface area contributed by atoms with Crippen LogP contribution in [-0.2, 0) is 14.3 Å². The van der Waals surface area contributed by atoms with E-state index in [0.717, 1.165) is 0 Å².